The van der Waals surface area contributed by atoms with E-state index in [1.165, 1.54) is 0 Å². The minimum absolute atomic E-state index is 0.351. The number of ether oxygens (including phenoxy) is 2. The summed E-state index contributed by atoms with van der Waals surface area (Å²) < 4.78 is 10.5. The Bertz CT molecular complexity index is 399. The average Bonchev–Trinajstić information content (AvgIpc) is 2.38. The number of esters is 1. The first-order valence-corrected chi connectivity index (χ1v) is 5.22. The van der Waals surface area contributed by atoms with Crippen LogP contribution in [0.2, 0.25) is 0 Å². The fourth-order valence-electron chi connectivity index (χ4n) is 1.57. The Labute approximate surface area is 95.9 Å². The van der Waals surface area contributed by atoms with Crippen LogP contribution in [0.1, 0.15) is 42.5 Å². The molecule has 0 atom stereocenters. The van der Waals surface area contributed by atoms with Crippen molar-refractivity contribution < 1.29 is 14.3 Å². The number of hydrogen-bond acceptors (Lipinski definition) is 3. The third kappa shape index (κ3) is 2.56. The molecule has 0 amide bonds. The molecule has 0 bridgehead atoms. The van der Waals surface area contributed by atoms with E-state index < -0.39 is 5.60 Å². The number of aromatic nitrogens is 1. The zero-order chi connectivity index (χ0) is 12.5. The maximum absolute atomic E-state index is 11.9. The van der Waals surface area contributed by atoms with E-state index in [2.05, 4.69) is 4.98 Å². The van der Waals surface area contributed by atoms with E-state index >= 15 is 0 Å². The number of nitrogens with one attached hydrogen (secondary N) is 1. The Morgan fingerprint density at radius 2 is 1.81 bits per heavy atom. The first kappa shape index (κ1) is 12.6. The van der Waals surface area contributed by atoms with E-state index in [1.807, 2.05) is 34.6 Å². The number of aryl methyl sites for hydroxylation is 1. The van der Waals surface area contributed by atoms with Crippen molar-refractivity contribution in [2.75, 3.05) is 7.11 Å². The van der Waals surface area contributed by atoms with Gasteiger partial charge in [0, 0.05) is 5.56 Å². The van der Waals surface area contributed by atoms with Crippen LogP contribution in [-0.2, 0) is 4.74 Å². The summed E-state index contributed by atoms with van der Waals surface area (Å²) in [5, 5.41) is 0. The monoisotopic (exact) mass is 225 g/mol. The smallest absolute Gasteiger partial charge is 0.355 e. The van der Waals surface area contributed by atoms with Crippen LogP contribution < -0.4 is 4.74 Å². The molecular formula is C12H19NO3. The molecule has 0 aliphatic rings. The minimum Gasteiger partial charge on any atom is -0.495 e. The fraction of sp³-hybridized carbons (Fsp3) is 0.583. The van der Waals surface area contributed by atoms with Crippen molar-refractivity contribution in [1.82, 2.24) is 4.98 Å². The highest BCUT2D eigenvalue weighted by Crippen LogP contribution is 2.26. The first-order chi connectivity index (χ1) is 7.26. The van der Waals surface area contributed by atoms with Crippen molar-refractivity contribution in [3.63, 3.8) is 0 Å². The highest BCUT2D eigenvalue weighted by Gasteiger charge is 2.23. The maximum Gasteiger partial charge on any atom is 0.355 e. The van der Waals surface area contributed by atoms with E-state index in [1.54, 1.807) is 7.11 Å². The second kappa shape index (κ2) is 4.20. The van der Waals surface area contributed by atoms with Gasteiger partial charge >= 0.3 is 5.97 Å². The van der Waals surface area contributed by atoms with E-state index in [4.69, 9.17) is 9.47 Å². The van der Waals surface area contributed by atoms with Crippen LogP contribution in [-0.4, -0.2) is 23.7 Å². The van der Waals surface area contributed by atoms with Crippen molar-refractivity contribution in [3.05, 3.63) is 17.0 Å². The van der Waals surface area contributed by atoms with E-state index in [0.29, 0.717) is 11.4 Å². The molecule has 0 radical (unpaired) electrons. The standard InChI is InChI=1S/C12H19NO3/c1-7-9(11(14)16-12(3,4)5)13-8(2)10(7)15-6/h13H,1-6H3. The van der Waals surface area contributed by atoms with Gasteiger partial charge in [0.1, 0.15) is 17.0 Å². The van der Waals surface area contributed by atoms with Gasteiger partial charge in [0.25, 0.3) is 0 Å². The van der Waals surface area contributed by atoms with Crippen molar-refractivity contribution in [3.8, 4) is 5.75 Å². The number of H-pyrrole nitrogens is 1. The largest absolute Gasteiger partial charge is 0.495 e. The number of hydrogen-bond donors (Lipinski definition) is 1. The van der Waals surface area contributed by atoms with Gasteiger partial charge in [-0.2, -0.15) is 0 Å². The molecule has 0 aliphatic carbocycles. The quantitative estimate of drug-likeness (QED) is 0.787. The van der Waals surface area contributed by atoms with Crippen LogP contribution in [0.25, 0.3) is 0 Å². The van der Waals surface area contributed by atoms with Gasteiger partial charge in [-0.3, -0.25) is 0 Å². The summed E-state index contributed by atoms with van der Waals surface area (Å²) in [5.41, 5.74) is 1.59. The highest BCUT2D eigenvalue weighted by molar-refractivity contribution is 5.90. The molecule has 0 fully saturated rings. The van der Waals surface area contributed by atoms with Crippen LogP contribution in [0.4, 0.5) is 0 Å². The molecule has 16 heavy (non-hydrogen) atoms. The molecule has 1 N–H and O–H groups in total. The molecule has 4 nitrogen and oxygen atoms in total. The third-order valence-electron chi connectivity index (χ3n) is 2.18. The molecular weight excluding hydrogens is 206 g/mol. The molecule has 1 rings (SSSR count). The third-order valence-corrected chi connectivity index (χ3v) is 2.18. The second-order valence-electron chi connectivity index (χ2n) is 4.79. The normalized spacial score (nSPS) is 11.4. The Balaban J connectivity index is 3.01. The van der Waals surface area contributed by atoms with Gasteiger partial charge < -0.3 is 14.5 Å². The average molecular weight is 225 g/mol. The summed E-state index contributed by atoms with van der Waals surface area (Å²) in [6.07, 6.45) is 0. The number of carbonyl (C=O) groups is 1. The zero-order valence-electron chi connectivity index (χ0n) is 10.7. The summed E-state index contributed by atoms with van der Waals surface area (Å²) >= 11 is 0. The van der Waals surface area contributed by atoms with E-state index in [0.717, 1.165) is 11.3 Å². The summed E-state index contributed by atoms with van der Waals surface area (Å²) in [6.45, 7) is 9.22. The topological polar surface area (TPSA) is 51.3 Å². The molecule has 0 saturated carbocycles. The molecule has 1 aromatic rings. The maximum atomic E-state index is 11.9. The molecule has 1 heterocycles. The van der Waals surface area contributed by atoms with Gasteiger partial charge in [-0.15, -0.1) is 0 Å². The van der Waals surface area contributed by atoms with Crippen LogP contribution in [0.15, 0.2) is 0 Å². The van der Waals surface area contributed by atoms with Gasteiger partial charge in [-0.05, 0) is 34.6 Å². The molecule has 1 aromatic heterocycles. The predicted molar refractivity (Wildman–Crippen MR) is 62.0 cm³/mol. The molecule has 0 saturated heterocycles. The predicted octanol–water partition coefficient (Wildman–Crippen LogP) is 2.60. The molecule has 4 heteroatoms. The van der Waals surface area contributed by atoms with Gasteiger partial charge in [0.2, 0.25) is 0 Å². The molecule has 0 spiro atoms. The molecule has 90 valence electrons. The lowest BCUT2D eigenvalue weighted by Crippen LogP contribution is -2.24. The van der Waals surface area contributed by atoms with Crippen molar-refractivity contribution >= 4 is 5.97 Å². The molecule has 0 unspecified atom stereocenters. The van der Waals surface area contributed by atoms with Crippen LogP contribution >= 0.6 is 0 Å². The van der Waals surface area contributed by atoms with Gasteiger partial charge in [-0.25, -0.2) is 4.79 Å². The Hall–Kier alpha value is -1.45. The molecule has 0 aromatic carbocycles. The lowest BCUT2D eigenvalue weighted by atomic mass is 10.2. The summed E-state index contributed by atoms with van der Waals surface area (Å²) in [7, 11) is 1.59. The SMILES string of the molecule is COc1c(C)[nH]c(C(=O)OC(C)(C)C)c1C. The number of carbonyl (C=O) groups excluding carboxylic acids is 1. The van der Waals surface area contributed by atoms with Gasteiger partial charge in [0.05, 0.1) is 12.8 Å². The van der Waals surface area contributed by atoms with Crippen LogP contribution in [0, 0.1) is 13.8 Å². The Morgan fingerprint density at radius 3 is 2.19 bits per heavy atom. The van der Waals surface area contributed by atoms with Crippen molar-refractivity contribution in [2.45, 2.75) is 40.2 Å². The number of rotatable bonds is 2. The summed E-state index contributed by atoms with van der Waals surface area (Å²) in [6, 6.07) is 0. The Kier molecular flexibility index (Phi) is 3.31. The first-order valence-electron chi connectivity index (χ1n) is 5.22. The van der Waals surface area contributed by atoms with Crippen molar-refractivity contribution in [1.29, 1.82) is 0 Å². The fourth-order valence-corrected chi connectivity index (χ4v) is 1.57. The highest BCUT2D eigenvalue weighted by atomic mass is 16.6. The number of aromatic amines is 1. The lowest BCUT2D eigenvalue weighted by molar-refractivity contribution is 0.00625. The summed E-state index contributed by atoms with van der Waals surface area (Å²) in [4.78, 5) is 14.8. The number of methoxy groups -OCH3 is 1. The summed E-state index contributed by atoms with van der Waals surface area (Å²) in [5.74, 6) is 0.359. The lowest BCUT2D eigenvalue weighted by Gasteiger charge is -2.19. The second-order valence-corrected chi connectivity index (χ2v) is 4.79. The van der Waals surface area contributed by atoms with Crippen LogP contribution in [0.5, 0.6) is 5.75 Å². The Morgan fingerprint density at radius 1 is 1.25 bits per heavy atom. The van der Waals surface area contributed by atoms with Crippen LogP contribution in [0.3, 0.4) is 0 Å². The molecule has 0 aliphatic heterocycles. The van der Waals surface area contributed by atoms with E-state index in [9.17, 15) is 4.79 Å². The van der Waals surface area contributed by atoms with Crippen molar-refractivity contribution in [2.24, 2.45) is 0 Å². The minimum atomic E-state index is -0.490. The van der Waals surface area contributed by atoms with E-state index in [-0.39, 0.29) is 5.97 Å². The van der Waals surface area contributed by atoms with Gasteiger partial charge in [-0.1, -0.05) is 0 Å². The van der Waals surface area contributed by atoms with Gasteiger partial charge in [0.15, 0.2) is 0 Å². The zero-order valence-corrected chi connectivity index (χ0v) is 10.7.